The van der Waals surface area contributed by atoms with Gasteiger partial charge < -0.3 is 14.8 Å². The van der Waals surface area contributed by atoms with Crippen LogP contribution in [0.25, 0.3) is 16.8 Å². The Bertz CT molecular complexity index is 1200. The molecule has 0 amide bonds. The van der Waals surface area contributed by atoms with E-state index in [9.17, 15) is 8.42 Å². The summed E-state index contributed by atoms with van der Waals surface area (Å²) < 4.78 is 39.0. The second-order valence-corrected chi connectivity index (χ2v) is 10.8. The Morgan fingerprint density at radius 2 is 2.06 bits per heavy atom. The van der Waals surface area contributed by atoms with Crippen molar-refractivity contribution in [2.75, 3.05) is 37.9 Å². The molecule has 2 saturated heterocycles. The fourth-order valence-electron chi connectivity index (χ4n) is 4.46. The van der Waals surface area contributed by atoms with Gasteiger partial charge in [0.15, 0.2) is 5.65 Å². The minimum absolute atomic E-state index is 0.0379. The Labute approximate surface area is 192 Å². The molecule has 0 unspecified atom stereocenters. The zero-order valence-corrected chi connectivity index (χ0v) is 19.6. The number of hydrogen-bond acceptors (Lipinski definition) is 8. The number of aromatic amines is 1. The summed E-state index contributed by atoms with van der Waals surface area (Å²) in [7, 11) is -3.18. The number of fused-ring (bicyclic) bond motifs is 1. The van der Waals surface area contributed by atoms with Gasteiger partial charge in [-0.1, -0.05) is 6.92 Å². The summed E-state index contributed by atoms with van der Waals surface area (Å²) in [5.74, 6) is 1.25. The van der Waals surface area contributed by atoms with Gasteiger partial charge in [-0.25, -0.2) is 12.7 Å². The van der Waals surface area contributed by atoms with E-state index in [0.717, 1.165) is 24.0 Å². The summed E-state index contributed by atoms with van der Waals surface area (Å²) >= 11 is 0. The number of rotatable bonds is 6. The Morgan fingerprint density at radius 3 is 2.76 bits per heavy atom. The fourth-order valence-corrected chi connectivity index (χ4v) is 5.40. The lowest BCUT2D eigenvalue weighted by atomic mass is 9.95. The van der Waals surface area contributed by atoms with Crippen LogP contribution in [0.1, 0.15) is 26.2 Å². The lowest BCUT2D eigenvalue weighted by molar-refractivity contribution is 0.0231. The highest BCUT2D eigenvalue weighted by Crippen LogP contribution is 2.32. The predicted octanol–water partition coefficient (Wildman–Crippen LogP) is 1.76. The van der Waals surface area contributed by atoms with Crippen LogP contribution in [0, 0.1) is 5.92 Å². The van der Waals surface area contributed by atoms with Crippen LogP contribution in [0.2, 0.25) is 0 Å². The minimum Gasteiger partial charge on any atom is -0.474 e. The average Bonchev–Trinajstić information content (AvgIpc) is 3.45. The molecule has 2 atom stereocenters. The second-order valence-electron chi connectivity index (χ2n) is 8.81. The van der Waals surface area contributed by atoms with Crippen LogP contribution < -0.4 is 10.1 Å². The first-order chi connectivity index (χ1) is 15.9. The summed E-state index contributed by atoms with van der Waals surface area (Å²) in [5, 5.41) is 15.1. The van der Waals surface area contributed by atoms with Gasteiger partial charge in [-0.15, -0.1) is 5.10 Å². The topological polar surface area (TPSA) is 127 Å². The third kappa shape index (κ3) is 4.68. The van der Waals surface area contributed by atoms with Crippen LogP contribution in [0.15, 0.2) is 24.5 Å². The van der Waals surface area contributed by atoms with E-state index in [1.165, 1.54) is 10.6 Å². The first-order valence-electron chi connectivity index (χ1n) is 11.2. The minimum atomic E-state index is -3.18. The van der Waals surface area contributed by atoms with Crippen molar-refractivity contribution in [1.82, 2.24) is 29.1 Å². The highest BCUT2D eigenvalue weighted by atomic mass is 32.2. The van der Waals surface area contributed by atoms with E-state index in [1.807, 2.05) is 25.3 Å². The lowest BCUT2D eigenvalue weighted by Crippen LogP contribution is -2.47. The van der Waals surface area contributed by atoms with E-state index in [1.54, 1.807) is 10.7 Å². The van der Waals surface area contributed by atoms with Crippen molar-refractivity contribution >= 4 is 21.6 Å². The normalized spacial score (nSPS) is 23.1. The number of piperidine rings is 1. The van der Waals surface area contributed by atoms with Gasteiger partial charge >= 0.3 is 0 Å². The Balaban J connectivity index is 1.43. The van der Waals surface area contributed by atoms with Crippen molar-refractivity contribution in [3.63, 3.8) is 0 Å². The van der Waals surface area contributed by atoms with E-state index in [4.69, 9.17) is 14.6 Å². The molecule has 0 aliphatic carbocycles. The van der Waals surface area contributed by atoms with Crippen molar-refractivity contribution in [3.8, 4) is 17.0 Å². The first kappa shape index (κ1) is 22.1. The molecule has 11 nitrogen and oxygen atoms in total. The molecule has 5 rings (SSSR count). The molecule has 0 saturated carbocycles. The van der Waals surface area contributed by atoms with Crippen molar-refractivity contribution in [1.29, 1.82) is 0 Å². The molecule has 12 heteroatoms. The van der Waals surface area contributed by atoms with Gasteiger partial charge in [0.1, 0.15) is 6.10 Å². The summed E-state index contributed by atoms with van der Waals surface area (Å²) in [6.45, 7) is 4.36. The smallest absolute Gasteiger partial charge is 0.243 e. The standard InChI is InChI=1S/C21H29N7O4S/c1-14-13-27(33(2,29)30)8-5-18(14)24-21-25-19-4-3-17(15-11-22-23-12-15)20(28(19)26-21)32-16-6-9-31-10-7-16/h3-4,11-12,14,16,18H,5-10,13H2,1-2H3,(H,22,23)(H,24,26)/t14-,18+/m1/s1. The number of H-pyrrole nitrogens is 1. The van der Waals surface area contributed by atoms with Crippen molar-refractivity contribution in [2.24, 2.45) is 5.92 Å². The van der Waals surface area contributed by atoms with Crippen LogP contribution in [-0.2, 0) is 14.8 Å². The number of hydrogen-bond donors (Lipinski definition) is 2. The molecule has 2 aliphatic heterocycles. The van der Waals surface area contributed by atoms with Gasteiger partial charge in [-0.2, -0.15) is 14.6 Å². The molecule has 2 N–H and O–H groups in total. The van der Waals surface area contributed by atoms with E-state index in [-0.39, 0.29) is 18.1 Å². The van der Waals surface area contributed by atoms with Gasteiger partial charge in [0, 0.05) is 49.3 Å². The zero-order chi connectivity index (χ0) is 23.0. The van der Waals surface area contributed by atoms with Crippen LogP contribution >= 0.6 is 0 Å². The third-order valence-corrected chi connectivity index (χ3v) is 7.63. The van der Waals surface area contributed by atoms with Gasteiger partial charge in [0.05, 0.1) is 25.7 Å². The Morgan fingerprint density at radius 1 is 1.24 bits per heavy atom. The molecular formula is C21H29N7O4S. The molecule has 0 aromatic carbocycles. The maximum atomic E-state index is 11.9. The van der Waals surface area contributed by atoms with Crippen molar-refractivity contribution < 1.29 is 17.9 Å². The largest absolute Gasteiger partial charge is 0.474 e. The molecule has 0 radical (unpaired) electrons. The molecule has 3 aromatic rings. The summed E-state index contributed by atoms with van der Waals surface area (Å²) in [4.78, 5) is 4.67. The highest BCUT2D eigenvalue weighted by Gasteiger charge is 2.31. The molecule has 2 aliphatic rings. The number of nitrogens with zero attached hydrogens (tertiary/aromatic N) is 5. The monoisotopic (exact) mass is 475 g/mol. The fraction of sp³-hybridized carbons (Fsp3) is 0.571. The van der Waals surface area contributed by atoms with E-state index < -0.39 is 10.0 Å². The number of pyridine rings is 1. The molecular weight excluding hydrogens is 446 g/mol. The molecule has 0 bridgehead atoms. The third-order valence-electron chi connectivity index (χ3n) is 6.36. The summed E-state index contributed by atoms with van der Waals surface area (Å²) in [6.07, 6.45) is 7.20. The molecule has 2 fully saturated rings. The van der Waals surface area contributed by atoms with Crippen LogP contribution in [-0.4, -0.2) is 82.2 Å². The molecule has 178 valence electrons. The van der Waals surface area contributed by atoms with Gasteiger partial charge in [0.2, 0.25) is 21.9 Å². The number of aromatic nitrogens is 5. The van der Waals surface area contributed by atoms with Crippen molar-refractivity contribution in [3.05, 3.63) is 24.5 Å². The maximum absolute atomic E-state index is 11.9. The highest BCUT2D eigenvalue weighted by molar-refractivity contribution is 7.88. The molecule has 5 heterocycles. The summed E-state index contributed by atoms with van der Waals surface area (Å²) in [5.41, 5.74) is 2.47. The quantitative estimate of drug-likeness (QED) is 0.552. The maximum Gasteiger partial charge on any atom is 0.243 e. The lowest BCUT2D eigenvalue weighted by Gasteiger charge is -2.35. The van der Waals surface area contributed by atoms with Crippen molar-refractivity contribution in [2.45, 2.75) is 38.3 Å². The Hall–Kier alpha value is -2.70. The number of nitrogens with one attached hydrogen (secondary N) is 2. The van der Waals surface area contributed by atoms with Gasteiger partial charge in [-0.05, 0) is 24.5 Å². The average molecular weight is 476 g/mol. The number of anilines is 1. The van der Waals surface area contributed by atoms with Crippen LogP contribution in [0.5, 0.6) is 5.88 Å². The second kappa shape index (κ2) is 8.92. The van der Waals surface area contributed by atoms with Gasteiger partial charge in [-0.3, -0.25) is 5.10 Å². The zero-order valence-electron chi connectivity index (χ0n) is 18.8. The van der Waals surface area contributed by atoms with Crippen LogP contribution in [0.4, 0.5) is 5.95 Å². The Kier molecular flexibility index (Phi) is 5.97. The predicted molar refractivity (Wildman–Crippen MR) is 123 cm³/mol. The number of ether oxygens (including phenoxy) is 2. The molecule has 0 spiro atoms. The molecule has 3 aromatic heterocycles. The van der Waals surface area contributed by atoms with Gasteiger partial charge in [0.25, 0.3) is 0 Å². The van der Waals surface area contributed by atoms with E-state index in [0.29, 0.717) is 50.2 Å². The SMILES string of the molecule is C[C@@H]1CN(S(C)(=O)=O)CC[C@@H]1Nc1nc2ccc(-c3cn[nH]c3)c(OC3CCOCC3)n2n1. The summed E-state index contributed by atoms with van der Waals surface area (Å²) in [6, 6.07) is 3.96. The first-order valence-corrected chi connectivity index (χ1v) is 13.1. The number of sulfonamides is 1. The van der Waals surface area contributed by atoms with E-state index in [2.05, 4.69) is 20.5 Å². The van der Waals surface area contributed by atoms with Crippen LogP contribution in [0.3, 0.4) is 0 Å². The molecule has 33 heavy (non-hydrogen) atoms. The van der Waals surface area contributed by atoms with E-state index >= 15 is 0 Å².